The van der Waals surface area contributed by atoms with Crippen molar-refractivity contribution in [3.8, 4) is 5.75 Å². The van der Waals surface area contributed by atoms with Crippen LogP contribution in [0.5, 0.6) is 5.75 Å². The maximum absolute atomic E-state index is 5.80. The number of nitrogens with zero attached hydrogens (tertiary/aromatic N) is 2. The van der Waals surface area contributed by atoms with Crippen LogP contribution in [-0.4, -0.2) is 44.1 Å². The summed E-state index contributed by atoms with van der Waals surface area (Å²) >= 11 is 0. The van der Waals surface area contributed by atoms with Gasteiger partial charge in [0, 0.05) is 20.1 Å². The number of aliphatic imine (C=N–C) groups is 1. The largest absolute Gasteiger partial charge is 0.491 e. The number of likely N-dealkylation sites (tertiary alicyclic amines) is 1. The van der Waals surface area contributed by atoms with E-state index in [1.54, 1.807) is 0 Å². The van der Waals surface area contributed by atoms with E-state index in [0.29, 0.717) is 12.0 Å². The lowest BCUT2D eigenvalue weighted by molar-refractivity contribution is 0.315. The Balaban J connectivity index is 1.76. The molecule has 1 fully saturated rings. The maximum Gasteiger partial charge on any atom is 0.193 e. The predicted octanol–water partition coefficient (Wildman–Crippen LogP) is 2.68. The smallest absolute Gasteiger partial charge is 0.193 e. The van der Waals surface area contributed by atoms with Crippen LogP contribution in [0.1, 0.15) is 25.8 Å². The lowest BCUT2D eigenvalue weighted by atomic mass is 9.93. The van der Waals surface area contributed by atoms with E-state index in [-0.39, 0.29) is 0 Å². The van der Waals surface area contributed by atoms with E-state index in [0.717, 1.165) is 31.3 Å². The van der Waals surface area contributed by atoms with E-state index in [4.69, 9.17) is 4.74 Å². The zero-order chi connectivity index (χ0) is 15.3. The fourth-order valence-electron chi connectivity index (χ4n) is 2.67. The molecular weight excluding hydrogens is 262 g/mol. The van der Waals surface area contributed by atoms with Crippen LogP contribution in [0.25, 0.3) is 0 Å². The van der Waals surface area contributed by atoms with Crippen LogP contribution in [0, 0.1) is 12.3 Å². The first kappa shape index (κ1) is 15.7. The highest BCUT2D eigenvalue weighted by Gasteiger charge is 2.30. The highest BCUT2D eigenvalue weighted by molar-refractivity contribution is 5.80. The SMILES string of the molecule is CN=C(NCCOc1ccccc1C)N1CCC(C)(C)C1. The fraction of sp³-hybridized carbons (Fsp3) is 0.588. The van der Waals surface area contributed by atoms with Gasteiger partial charge in [0.2, 0.25) is 0 Å². The Bertz CT molecular complexity index is 497. The number of guanidine groups is 1. The molecule has 116 valence electrons. The molecule has 1 aromatic rings. The molecule has 21 heavy (non-hydrogen) atoms. The average Bonchev–Trinajstić information content (AvgIpc) is 2.81. The molecular formula is C17H27N3O. The lowest BCUT2D eigenvalue weighted by Crippen LogP contribution is -2.42. The van der Waals surface area contributed by atoms with Gasteiger partial charge in [-0.2, -0.15) is 0 Å². The zero-order valence-electron chi connectivity index (χ0n) is 13.6. The van der Waals surface area contributed by atoms with Crippen LogP contribution in [-0.2, 0) is 0 Å². The van der Waals surface area contributed by atoms with Gasteiger partial charge in [0.1, 0.15) is 12.4 Å². The van der Waals surface area contributed by atoms with Crippen molar-refractivity contribution in [3.63, 3.8) is 0 Å². The summed E-state index contributed by atoms with van der Waals surface area (Å²) in [5, 5.41) is 3.39. The molecule has 2 rings (SSSR count). The Hall–Kier alpha value is -1.71. The summed E-state index contributed by atoms with van der Waals surface area (Å²) in [4.78, 5) is 6.70. The molecule has 4 nitrogen and oxygen atoms in total. The Labute approximate surface area is 128 Å². The highest BCUT2D eigenvalue weighted by atomic mass is 16.5. The van der Waals surface area contributed by atoms with Gasteiger partial charge in [-0.1, -0.05) is 32.0 Å². The molecule has 1 heterocycles. The fourth-order valence-corrected chi connectivity index (χ4v) is 2.67. The second-order valence-electron chi connectivity index (χ2n) is 6.42. The van der Waals surface area contributed by atoms with Crippen molar-refractivity contribution < 1.29 is 4.74 Å². The van der Waals surface area contributed by atoms with E-state index in [1.807, 2.05) is 25.2 Å². The number of hydrogen-bond donors (Lipinski definition) is 1. The number of rotatable bonds is 4. The van der Waals surface area contributed by atoms with Crippen LogP contribution in [0.2, 0.25) is 0 Å². The monoisotopic (exact) mass is 289 g/mol. The second kappa shape index (κ2) is 6.83. The van der Waals surface area contributed by atoms with Crippen LogP contribution in [0.15, 0.2) is 29.3 Å². The van der Waals surface area contributed by atoms with Gasteiger partial charge in [-0.15, -0.1) is 0 Å². The molecule has 1 saturated heterocycles. The standard InChI is InChI=1S/C17H27N3O/c1-14-7-5-6-8-15(14)21-12-10-19-16(18-4)20-11-9-17(2,3)13-20/h5-8H,9-13H2,1-4H3,(H,18,19). The summed E-state index contributed by atoms with van der Waals surface area (Å²) in [5.74, 6) is 1.94. The van der Waals surface area contributed by atoms with Crippen LogP contribution in [0.3, 0.4) is 0 Å². The molecule has 0 bridgehead atoms. The van der Waals surface area contributed by atoms with Crippen molar-refractivity contribution in [2.75, 3.05) is 33.3 Å². The number of nitrogens with one attached hydrogen (secondary N) is 1. The van der Waals surface area contributed by atoms with E-state index in [2.05, 4.69) is 42.0 Å². The third kappa shape index (κ3) is 4.38. The molecule has 0 aliphatic carbocycles. The van der Waals surface area contributed by atoms with Crippen molar-refractivity contribution >= 4 is 5.96 Å². The molecule has 1 aliphatic rings. The van der Waals surface area contributed by atoms with Crippen LogP contribution >= 0.6 is 0 Å². The number of para-hydroxylation sites is 1. The molecule has 1 N–H and O–H groups in total. The number of ether oxygens (including phenoxy) is 1. The summed E-state index contributed by atoms with van der Waals surface area (Å²) in [6.07, 6.45) is 1.22. The Morgan fingerprint density at radius 2 is 2.14 bits per heavy atom. The summed E-state index contributed by atoms with van der Waals surface area (Å²) in [5.41, 5.74) is 1.55. The lowest BCUT2D eigenvalue weighted by Gasteiger charge is -2.23. The third-order valence-electron chi connectivity index (χ3n) is 3.93. The van der Waals surface area contributed by atoms with Crippen molar-refractivity contribution in [2.45, 2.75) is 27.2 Å². The van der Waals surface area contributed by atoms with Gasteiger partial charge in [-0.3, -0.25) is 4.99 Å². The predicted molar refractivity (Wildman–Crippen MR) is 88.0 cm³/mol. The van der Waals surface area contributed by atoms with Gasteiger partial charge < -0.3 is 15.0 Å². The Kier molecular flexibility index (Phi) is 5.10. The van der Waals surface area contributed by atoms with E-state index < -0.39 is 0 Å². The van der Waals surface area contributed by atoms with E-state index >= 15 is 0 Å². The molecule has 0 saturated carbocycles. The zero-order valence-corrected chi connectivity index (χ0v) is 13.6. The molecule has 0 atom stereocenters. The Morgan fingerprint density at radius 1 is 1.38 bits per heavy atom. The van der Waals surface area contributed by atoms with Crippen molar-refractivity contribution in [3.05, 3.63) is 29.8 Å². The minimum absolute atomic E-state index is 0.384. The Morgan fingerprint density at radius 3 is 2.76 bits per heavy atom. The van der Waals surface area contributed by atoms with Crippen LogP contribution < -0.4 is 10.1 Å². The second-order valence-corrected chi connectivity index (χ2v) is 6.42. The minimum atomic E-state index is 0.384. The molecule has 0 aromatic heterocycles. The minimum Gasteiger partial charge on any atom is -0.491 e. The quantitative estimate of drug-likeness (QED) is 0.526. The normalized spacial score (nSPS) is 17.9. The van der Waals surface area contributed by atoms with Gasteiger partial charge in [-0.05, 0) is 30.4 Å². The third-order valence-corrected chi connectivity index (χ3v) is 3.93. The van der Waals surface area contributed by atoms with Gasteiger partial charge in [0.15, 0.2) is 5.96 Å². The number of aryl methyl sites for hydroxylation is 1. The summed E-state index contributed by atoms with van der Waals surface area (Å²) in [6.45, 7) is 10.2. The first-order chi connectivity index (χ1) is 10.0. The number of benzene rings is 1. The van der Waals surface area contributed by atoms with Gasteiger partial charge in [-0.25, -0.2) is 0 Å². The molecule has 0 radical (unpaired) electrons. The van der Waals surface area contributed by atoms with Gasteiger partial charge in [0.05, 0.1) is 6.54 Å². The topological polar surface area (TPSA) is 36.9 Å². The summed E-state index contributed by atoms with van der Waals surface area (Å²) in [7, 11) is 1.84. The highest BCUT2D eigenvalue weighted by Crippen LogP contribution is 2.28. The molecule has 1 aromatic carbocycles. The van der Waals surface area contributed by atoms with Gasteiger partial charge >= 0.3 is 0 Å². The molecule has 0 unspecified atom stereocenters. The maximum atomic E-state index is 5.80. The number of hydrogen-bond acceptors (Lipinski definition) is 2. The molecule has 0 amide bonds. The molecule has 1 aliphatic heterocycles. The van der Waals surface area contributed by atoms with E-state index in [1.165, 1.54) is 12.0 Å². The van der Waals surface area contributed by atoms with Crippen LogP contribution in [0.4, 0.5) is 0 Å². The van der Waals surface area contributed by atoms with Crippen molar-refractivity contribution in [2.24, 2.45) is 10.4 Å². The van der Waals surface area contributed by atoms with Gasteiger partial charge in [0.25, 0.3) is 0 Å². The first-order valence-corrected chi connectivity index (χ1v) is 7.66. The summed E-state index contributed by atoms with van der Waals surface area (Å²) < 4.78 is 5.80. The molecule has 4 heteroatoms. The van der Waals surface area contributed by atoms with Crippen molar-refractivity contribution in [1.29, 1.82) is 0 Å². The first-order valence-electron chi connectivity index (χ1n) is 7.66. The molecule has 0 spiro atoms. The van der Waals surface area contributed by atoms with E-state index in [9.17, 15) is 0 Å². The van der Waals surface area contributed by atoms with Crippen molar-refractivity contribution in [1.82, 2.24) is 10.2 Å². The average molecular weight is 289 g/mol. The summed E-state index contributed by atoms with van der Waals surface area (Å²) in [6, 6.07) is 8.10.